The van der Waals surface area contributed by atoms with Gasteiger partial charge in [-0.15, -0.1) is 0 Å². The summed E-state index contributed by atoms with van der Waals surface area (Å²) in [7, 11) is 8.55. The van der Waals surface area contributed by atoms with Crippen LogP contribution >= 0.6 is 0 Å². The minimum atomic E-state index is -0.0597. The van der Waals surface area contributed by atoms with Crippen molar-refractivity contribution in [3.8, 4) is 0 Å². The summed E-state index contributed by atoms with van der Waals surface area (Å²) in [6.07, 6.45) is 25.5. The van der Waals surface area contributed by atoms with Crippen LogP contribution in [0.5, 0.6) is 0 Å². The van der Waals surface area contributed by atoms with Crippen LogP contribution in [0, 0.1) is 46.3 Å². The van der Waals surface area contributed by atoms with Crippen LogP contribution in [-0.4, -0.2) is 81.3 Å². The fourth-order valence-electron chi connectivity index (χ4n) is 11.3. The molecule has 0 aliphatic heterocycles. The Kier molecular flexibility index (Phi) is 15.2. The smallest absolute Gasteiger partial charge is 0.410 e. The van der Waals surface area contributed by atoms with Crippen LogP contribution in [0.15, 0.2) is 11.6 Å². The topological polar surface area (TPSA) is 36.0 Å². The van der Waals surface area contributed by atoms with Gasteiger partial charge in [0.1, 0.15) is 6.10 Å². The van der Waals surface area contributed by atoms with Gasteiger partial charge in [-0.3, -0.25) is 0 Å². The molecule has 5 heteroatoms. The molecule has 278 valence electrons. The van der Waals surface area contributed by atoms with Crippen LogP contribution in [0.3, 0.4) is 0 Å². The van der Waals surface area contributed by atoms with E-state index in [1.807, 2.05) is 4.90 Å². The maximum atomic E-state index is 13.6. The van der Waals surface area contributed by atoms with Crippen molar-refractivity contribution in [2.24, 2.45) is 46.3 Å². The van der Waals surface area contributed by atoms with E-state index in [2.05, 4.69) is 78.7 Å². The second-order valence-electron chi connectivity index (χ2n) is 18.6. The molecule has 0 aromatic heterocycles. The van der Waals surface area contributed by atoms with Gasteiger partial charge in [0.25, 0.3) is 0 Å². The first kappa shape index (κ1) is 39.7. The zero-order valence-corrected chi connectivity index (χ0v) is 33.3. The summed E-state index contributed by atoms with van der Waals surface area (Å²) in [6.45, 7) is 16.5. The molecule has 0 aromatic rings. The molecule has 0 radical (unpaired) electrons. The van der Waals surface area contributed by atoms with Gasteiger partial charge in [-0.05, 0) is 152 Å². The van der Waals surface area contributed by atoms with Gasteiger partial charge in [0.15, 0.2) is 0 Å². The second kappa shape index (κ2) is 18.4. The average molecular weight is 670 g/mol. The van der Waals surface area contributed by atoms with Gasteiger partial charge in [0.2, 0.25) is 0 Å². The predicted molar refractivity (Wildman–Crippen MR) is 204 cm³/mol. The van der Waals surface area contributed by atoms with E-state index in [0.29, 0.717) is 10.8 Å². The largest absolute Gasteiger partial charge is 0.446 e. The first-order valence-electron chi connectivity index (χ1n) is 20.8. The number of carbonyl (C=O) groups is 1. The van der Waals surface area contributed by atoms with E-state index in [1.54, 1.807) is 5.57 Å². The SMILES string of the molecule is CC(C)CCC[C@@H](C)[C@H]1CC[C@H]2[C@@H]3CC=C4C[C@@H](OC(=O)N(CCCCCCCCN(C)C)CCCN(C)C)CC[C@]4(C)C3CC[C@]12C. The minimum absolute atomic E-state index is 0.0397. The molecule has 48 heavy (non-hydrogen) atoms. The van der Waals surface area contributed by atoms with Gasteiger partial charge in [-0.2, -0.15) is 0 Å². The van der Waals surface area contributed by atoms with Crippen LogP contribution in [0.4, 0.5) is 4.79 Å². The van der Waals surface area contributed by atoms with Crippen LogP contribution in [0.25, 0.3) is 0 Å². The minimum Gasteiger partial charge on any atom is -0.446 e. The summed E-state index contributed by atoms with van der Waals surface area (Å²) >= 11 is 0. The Labute approximate surface area is 298 Å². The van der Waals surface area contributed by atoms with Crippen LogP contribution in [0.1, 0.15) is 150 Å². The van der Waals surface area contributed by atoms with Crippen molar-refractivity contribution in [1.82, 2.24) is 14.7 Å². The van der Waals surface area contributed by atoms with E-state index in [0.717, 1.165) is 80.8 Å². The van der Waals surface area contributed by atoms with Crippen molar-refractivity contribution in [3.05, 3.63) is 11.6 Å². The van der Waals surface area contributed by atoms with Gasteiger partial charge in [-0.1, -0.05) is 91.2 Å². The van der Waals surface area contributed by atoms with Gasteiger partial charge in [-0.25, -0.2) is 4.79 Å². The first-order valence-corrected chi connectivity index (χ1v) is 20.8. The van der Waals surface area contributed by atoms with E-state index < -0.39 is 0 Å². The second-order valence-corrected chi connectivity index (χ2v) is 18.6. The number of hydrogen-bond donors (Lipinski definition) is 0. The van der Waals surface area contributed by atoms with Gasteiger partial charge < -0.3 is 19.4 Å². The Morgan fingerprint density at radius 1 is 0.771 bits per heavy atom. The van der Waals surface area contributed by atoms with E-state index in [-0.39, 0.29) is 12.2 Å². The lowest BCUT2D eigenvalue weighted by atomic mass is 9.47. The summed E-state index contributed by atoms with van der Waals surface area (Å²) in [5.74, 6) is 5.17. The third-order valence-corrected chi connectivity index (χ3v) is 14.1. The molecule has 0 bridgehead atoms. The summed E-state index contributed by atoms with van der Waals surface area (Å²) in [5, 5.41) is 0. The molecule has 1 amide bonds. The molecule has 8 atom stereocenters. The molecule has 5 nitrogen and oxygen atoms in total. The number of unbranched alkanes of at least 4 members (excludes halogenated alkanes) is 5. The molecule has 0 N–H and O–H groups in total. The molecule has 4 aliphatic rings. The number of nitrogens with zero attached hydrogens (tertiary/aromatic N) is 3. The summed E-state index contributed by atoms with van der Waals surface area (Å²) in [6, 6.07) is 0. The van der Waals surface area contributed by atoms with Crippen molar-refractivity contribution in [3.63, 3.8) is 0 Å². The molecule has 4 rings (SSSR count). The zero-order valence-electron chi connectivity index (χ0n) is 33.3. The van der Waals surface area contributed by atoms with E-state index >= 15 is 0 Å². The monoisotopic (exact) mass is 670 g/mol. The highest BCUT2D eigenvalue weighted by Gasteiger charge is 2.59. The third kappa shape index (κ3) is 10.3. The van der Waals surface area contributed by atoms with E-state index in [9.17, 15) is 4.79 Å². The summed E-state index contributed by atoms with van der Waals surface area (Å²) in [5.41, 5.74) is 2.46. The van der Waals surface area contributed by atoms with Crippen molar-refractivity contribution < 1.29 is 9.53 Å². The number of amides is 1. The maximum Gasteiger partial charge on any atom is 0.410 e. The van der Waals surface area contributed by atoms with E-state index in [4.69, 9.17) is 4.74 Å². The number of rotatable bonds is 19. The fourth-order valence-corrected chi connectivity index (χ4v) is 11.3. The molecule has 1 unspecified atom stereocenters. The quantitative estimate of drug-likeness (QED) is 0.101. The van der Waals surface area contributed by atoms with Gasteiger partial charge in [0.05, 0.1) is 0 Å². The highest BCUT2D eigenvalue weighted by Crippen LogP contribution is 2.67. The predicted octanol–water partition coefficient (Wildman–Crippen LogP) is 10.7. The lowest BCUT2D eigenvalue weighted by molar-refractivity contribution is -0.0593. The summed E-state index contributed by atoms with van der Waals surface area (Å²) < 4.78 is 6.37. The van der Waals surface area contributed by atoms with Gasteiger partial charge >= 0.3 is 6.09 Å². The number of fused-ring (bicyclic) bond motifs is 5. The average Bonchev–Trinajstić information content (AvgIpc) is 3.38. The van der Waals surface area contributed by atoms with Crippen LogP contribution in [0.2, 0.25) is 0 Å². The third-order valence-electron chi connectivity index (χ3n) is 14.1. The number of hydrogen-bond acceptors (Lipinski definition) is 4. The van der Waals surface area contributed by atoms with Crippen molar-refractivity contribution in [2.45, 2.75) is 156 Å². The first-order chi connectivity index (χ1) is 22.8. The standard InChI is InChI=1S/C43H79N3O2/c1-33(2)18-16-19-34(3)38-22-23-39-37-21-20-35-32-36(24-26-42(35,4)40(37)25-27-43(38,39)5)48-41(47)46(31-17-29-45(8)9)30-15-13-11-10-12-14-28-44(6)7/h20,33-34,36-40H,10-19,21-32H2,1-9H3/t34-,36+,37+,38-,39+,40?,42+,43-/m1/s1. The fraction of sp³-hybridized carbons (Fsp3) is 0.930. The molecular weight excluding hydrogens is 590 g/mol. The van der Waals surface area contributed by atoms with Crippen LogP contribution < -0.4 is 0 Å². The Bertz CT molecular complexity index is 1010. The Hall–Kier alpha value is -1.07. The van der Waals surface area contributed by atoms with Crippen molar-refractivity contribution >= 4 is 6.09 Å². The number of ether oxygens (including phenoxy) is 1. The van der Waals surface area contributed by atoms with Crippen molar-refractivity contribution in [2.75, 3.05) is 54.4 Å². The highest BCUT2D eigenvalue weighted by atomic mass is 16.6. The molecule has 0 heterocycles. The number of carbonyl (C=O) groups excluding carboxylic acids is 1. The molecule has 3 saturated carbocycles. The lowest BCUT2D eigenvalue weighted by Crippen LogP contribution is -2.51. The van der Waals surface area contributed by atoms with Crippen LogP contribution in [-0.2, 0) is 4.74 Å². The zero-order chi connectivity index (χ0) is 34.9. The van der Waals surface area contributed by atoms with Gasteiger partial charge in [0, 0.05) is 19.5 Å². The van der Waals surface area contributed by atoms with Crippen molar-refractivity contribution in [1.29, 1.82) is 0 Å². The molecule has 0 aromatic carbocycles. The normalized spacial score (nSPS) is 32.2. The molecule has 3 fully saturated rings. The highest BCUT2D eigenvalue weighted by molar-refractivity contribution is 5.67. The molecular formula is C43H79N3O2. The maximum absolute atomic E-state index is 13.6. The molecule has 0 saturated heterocycles. The number of allylic oxidation sites excluding steroid dienone is 1. The lowest BCUT2D eigenvalue weighted by Gasteiger charge is -2.58. The Balaban J connectivity index is 1.30. The molecule has 0 spiro atoms. The Morgan fingerprint density at radius 2 is 1.42 bits per heavy atom. The molecule has 4 aliphatic carbocycles. The Morgan fingerprint density at radius 3 is 2.10 bits per heavy atom. The van der Waals surface area contributed by atoms with E-state index in [1.165, 1.54) is 96.4 Å². The summed E-state index contributed by atoms with van der Waals surface area (Å²) in [4.78, 5) is 20.2.